The van der Waals surface area contributed by atoms with Crippen molar-refractivity contribution in [2.24, 2.45) is 0 Å². The number of fused-ring (bicyclic) bond motifs is 1. The van der Waals surface area contributed by atoms with Gasteiger partial charge >= 0.3 is 0 Å². The van der Waals surface area contributed by atoms with Gasteiger partial charge in [0.25, 0.3) is 0 Å². The molecule has 0 radical (unpaired) electrons. The molecule has 86 valence electrons. The first kappa shape index (κ1) is 10.5. The van der Waals surface area contributed by atoms with Gasteiger partial charge in [-0.1, -0.05) is 21.1 Å². The molecular formula is C12H10BrN3O. The monoisotopic (exact) mass is 291 g/mol. The van der Waals surface area contributed by atoms with E-state index in [1.165, 1.54) is 0 Å². The molecule has 0 aliphatic carbocycles. The average molecular weight is 292 g/mol. The lowest BCUT2D eigenvalue weighted by Crippen LogP contribution is -1.77. The van der Waals surface area contributed by atoms with Crippen LogP contribution in [0.15, 0.2) is 27.2 Å². The maximum absolute atomic E-state index is 5.19. The van der Waals surface area contributed by atoms with E-state index >= 15 is 0 Å². The number of aromatic nitrogens is 3. The molecule has 17 heavy (non-hydrogen) atoms. The molecule has 4 nitrogen and oxygen atoms in total. The van der Waals surface area contributed by atoms with Crippen molar-refractivity contribution >= 4 is 27.0 Å². The Labute approximate surface area is 106 Å². The molecular weight excluding hydrogens is 282 g/mol. The molecule has 0 atom stereocenters. The molecule has 2 heterocycles. The number of hydrogen-bond acceptors (Lipinski definition) is 3. The standard InChI is InChI=1S/C12H10BrN3O/c1-6-3-8(13)5-9-11(6)15-12(14-9)10-4-7(2)16-17-10/h3-5H,1-2H3,(H,14,15). The van der Waals surface area contributed by atoms with Crippen molar-refractivity contribution in [3.8, 4) is 11.6 Å². The second-order valence-electron chi connectivity index (χ2n) is 4.04. The maximum Gasteiger partial charge on any atom is 0.202 e. The van der Waals surface area contributed by atoms with Crippen molar-refractivity contribution in [1.29, 1.82) is 0 Å². The van der Waals surface area contributed by atoms with Crippen LogP contribution in [-0.2, 0) is 0 Å². The van der Waals surface area contributed by atoms with E-state index < -0.39 is 0 Å². The third-order valence-corrected chi connectivity index (χ3v) is 3.06. The van der Waals surface area contributed by atoms with Crippen LogP contribution in [0.2, 0.25) is 0 Å². The van der Waals surface area contributed by atoms with E-state index in [9.17, 15) is 0 Å². The number of rotatable bonds is 1. The number of aromatic amines is 1. The molecule has 3 rings (SSSR count). The third-order valence-electron chi connectivity index (χ3n) is 2.60. The Morgan fingerprint density at radius 1 is 1.24 bits per heavy atom. The molecule has 1 aromatic carbocycles. The Hall–Kier alpha value is -1.62. The smallest absolute Gasteiger partial charge is 0.202 e. The van der Waals surface area contributed by atoms with Crippen molar-refractivity contribution in [3.63, 3.8) is 0 Å². The van der Waals surface area contributed by atoms with Crippen molar-refractivity contribution in [3.05, 3.63) is 33.9 Å². The van der Waals surface area contributed by atoms with Crippen LogP contribution in [0, 0.1) is 13.8 Å². The van der Waals surface area contributed by atoms with E-state index in [-0.39, 0.29) is 0 Å². The van der Waals surface area contributed by atoms with Gasteiger partial charge in [-0.05, 0) is 31.5 Å². The van der Waals surface area contributed by atoms with E-state index in [2.05, 4.69) is 31.1 Å². The minimum Gasteiger partial charge on any atom is -0.353 e. The fourth-order valence-corrected chi connectivity index (χ4v) is 2.41. The first-order valence-electron chi connectivity index (χ1n) is 5.23. The number of imidazole rings is 1. The summed E-state index contributed by atoms with van der Waals surface area (Å²) in [6.07, 6.45) is 0. The van der Waals surface area contributed by atoms with Gasteiger partial charge in [-0.25, -0.2) is 4.98 Å². The number of nitrogens with zero attached hydrogens (tertiary/aromatic N) is 2. The fourth-order valence-electron chi connectivity index (χ4n) is 1.84. The molecule has 0 saturated heterocycles. The normalized spacial score (nSPS) is 11.2. The molecule has 0 amide bonds. The lowest BCUT2D eigenvalue weighted by molar-refractivity contribution is 0.425. The zero-order valence-corrected chi connectivity index (χ0v) is 11.0. The second-order valence-corrected chi connectivity index (χ2v) is 4.95. The van der Waals surface area contributed by atoms with Gasteiger partial charge in [-0.15, -0.1) is 0 Å². The first-order valence-corrected chi connectivity index (χ1v) is 6.02. The summed E-state index contributed by atoms with van der Waals surface area (Å²) in [6, 6.07) is 5.91. The van der Waals surface area contributed by atoms with Crippen LogP contribution >= 0.6 is 15.9 Å². The van der Waals surface area contributed by atoms with Gasteiger partial charge in [0.1, 0.15) is 0 Å². The Balaban J connectivity index is 2.23. The van der Waals surface area contributed by atoms with Gasteiger partial charge in [0, 0.05) is 10.5 Å². The number of halogens is 1. The molecule has 0 aliphatic rings. The molecule has 0 bridgehead atoms. The van der Waals surface area contributed by atoms with Crippen LogP contribution in [0.3, 0.4) is 0 Å². The largest absolute Gasteiger partial charge is 0.353 e. The van der Waals surface area contributed by atoms with E-state index in [0.717, 1.165) is 26.8 Å². The molecule has 0 spiro atoms. The zero-order valence-electron chi connectivity index (χ0n) is 9.41. The topological polar surface area (TPSA) is 54.7 Å². The molecule has 0 saturated carbocycles. The second kappa shape index (κ2) is 3.70. The average Bonchev–Trinajstić information content (AvgIpc) is 2.83. The summed E-state index contributed by atoms with van der Waals surface area (Å²) >= 11 is 3.47. The van der Waals surface area contributed by atoms with Crippen molar-refractivity contribution in [1.82, 2.24) is 15.1 Å². The highest BCUT2D eigenvalue weighted by molar-refractivity contribution is 9.10. The number of benzene rings is 1. The Morgan fingerprint density at radius 3 is 2.76 bits per heavy atom. The summed E-state index contributed by atoms with van der Waals surface area (Å²) in [6.45, 7) is 3.92. The van der Waals surface area contributed by atoms with E-state index in [1.807, 2.05) is 32.0 Å². The quantitative estimate of drug-likeness (QED) is 0.745. The van der Waals surface area contributed by atoms with Gasteiger partial charge in [-0.3, -0.25) is 0 Å². The zero-order chi connectivity index (χ0) is 12.0. The highest BCUT2D eigenvalue weighted by Crippen LogP contribution is 2.26. The predicted octanol–water partition coefficient (Wildman–Crippen LogP) is 3.60. The Bertz CT molecular complexity index is 699. The van der Waals surface area contributed by atoms with Crippen LogP contribution in [0.5, 0.6) is 0 Å². The Morgan fingerprint density at radius 2 is 2.06 bits per heavy atom. The van der Waals surface area contributed by atoms with Gasteiger partial charge in [0.15, 0.2) is 5.82 Å². The number of nitrogens with one attached hydrogen (secondary N) is 1. The maximum atomic E-state index is 5.19. The van der Waals surface area contributed by atoms with Crippen molar-refractivity contribution in [2.75, 3.05) is 0 Å². The fraction of sp³-hybridized carbons (Fsp3) is 0.167. The first-order chi connectivity index (χ1) is 8.13. The van der Waals surface area contributed by atoms with Gasteiger partial charge in [0.2, 0.25) is 5.76 Å². The highest BCUT2D eigenvalue weighted by Gasteiger charge is 2.11. The number of H-pyrrole nitrogens is 1. The van der Waals surface area contributed by atoms with E-state index in [4.69, 9.17) is 4.52 Å². The summed E-state index contributed by atoms with van der Waals surface area (Å²) in [7, 11) is 0. The van der Waals surface area contributed by atoms with Crippen LogP contribution in [0.4, 0.5) is 0 Å². The molecule has 3 aromatic rings. The van der Waals surface area contributed by atoms with Crippen LogP contribution < -0.4 is 0 Å². The summed E-state index contributed by atoms with van der Waals surface area (Å²) in [5, 5.41) is 3.86. The lowest BCUT2D eigenvalue weighted by Gasteiger charge is -1.94. The minimum absolute atomic E-state index is 0.661. The van der Waals surface area contributed by atoms with Gasteiger partial charge in [0.05, 0.1) is 16.7 Å². The Kier molecular flexibility index (Phi) is 2.29. The summed E-state index contributed by atoms with van der Waals surface area (Å²) in [5.41, 5.74) is 3.91. The number of hydrogen-bond donors (Lipinski definition) is 1. The number of aryl methyl sites for hydroxylation is 2. The van der Waals surface area contributed by atoms with E-state index in [1.54, 1.807) is 0 Å². The lowest BCUT2D eigenvalue weighted by atomic mass is 10.2. The third kappa shape index (κ3) is 1.76. The highest BCUT2D eigenvalue weighted by atomic mass is 79.9. The molecule has 1 N–H and O–H groups in total. The molecule has 0 unspecified atom stereocenters. The summed E-state index contributed by atoms with van der Waals surface area (Å²) in [5.74, 6) is 1.37. The van der Waals surface area contributed by atoms with Gasteiger partial charge in [-0.2, -0.15) is 0 Å². The van der Waals surface area contributed by atoms with Crippen molar-refractivity contribution in [2.45, 2.75) is 13.8 Å². The summed E-state index contributed by atoms with van der Waals surface area (Å²) in [4.78, 5) is 7.76. The van der Waals surface area contributed by atoms with Crippen molar-refractivity contribution < 1.29 is 4.52 Å². The molecule has 5 heteroatoms. The SMILES string of the molecule is Cc1cc(-c2nc3c(C)cc(Br)cc3[nH]2)on1. The molecule has 2 aromatic heterocycles. The minimum atomic E-state index is 0.661. The van der Waals surface area contributed by atoms with Crippen LogP contribution in [-0.4, -0.2) is 15.1 Å². The van der Waals surface area contributed by atoms with Crippen LogP contribution in [0.25, 0.3) is 22.6 Å². The van der Waals surface area contributed by atoms with Gasteiger partial charge < -0.3 is 9.51 Å². The predicted molar refractivity (Wildman–Crippen MR) is 68.8 cm³/mol. The molecule has 0 aliphatic heterocycles. The summed E-state index contributed by atoms with van der Waals surface area (Å²) < 4.78 is 6.23. The molecule has 0 fully saturated rings. The van der Waals surface area contributed by atoms with Crippen LogP contribution in [0.1, 0.15) is 11.3 Å². The van der Waals surface area contributed by atoms with E-state index in [0.29, 0.717) is 11.6 Å².